The average Bonchev–Trinajstić information content (AvgIpc) is 2.54. The quantitative estimate of drug-likeness (QED) is 0.386. The van der Waals surface area contributed by atoms with Crippen LogP contribution < -0.4 is 0 Å². The van der Waals surface area contributed by atoms with Gasteiger partial charge < -0.3 is 4.81 Å². The summed E-state index contributed by atoms with van der Waals surface area (Å²) in [6.07, 6.45) is 0. The lowest BCUT2D eigenvalue weighted by atomic mass is 9.95. The van der Waals surface area contributed by atoms with Gasteiger partial charge >= 0.3 is 0 Å². The largest absolute Gasteiger partial charge is 0.334 e. The number of piperidine rings is 1. The van der Waals surface area contributed by atoms with Crippen molar-refractivity contribution < 1.29 is 9.59 Å². The summed E-state index contributed by atoms with van der Waals surface area (Å²) in [6.45, 7) is 3.67. The molecule has 0 aromatic rings. The summed E-state index contributed by atoms with van der Waals surface area (Å²) in [5, 5.41) is 0. The van der Waals surface area contributed by atoms with Gasteiger partial charge in [0.1, 0.15) is 0 Å². The van der Waals surface area contributed by atoms with Crippen molar-refractivity contribution in [3.8, 4) is 0 Å². The van der Waals surface area contributed by atoms with Gasteiger partial charge in [-0.1, -0.05) is 13.7 Å². The molecule has 2 amide bonds. The first-order chi connectivity index (χ1) is 5.18. The Kier molecular flexibility index (Phi) is 1.17. The van der Waals surface area contributed by atoms with Crippen molar-refractivity contribution >= 4 is 19.2 Å². The van der Waals surface area contributed by atoms with Gasteiger partial charge in [0.2, 0.25) is 11.8 Å². The molecule has 1 heterocycles. The van der Waals surface area contributed by atoms with Gasteiger partial charge in [-0.3, -0.25) is 9.59 Å². The van der Waals surface area contributed by atoms with E-state index in [1.807, 2.05) is 6.92 Å². The van der Waals surface area contributed by atoms with Crippen molar-refractivity contribution in [3.63, 3.8) is 0 Å². The summed E-state index contributed by atoms with van der Waals surface area (Å²) in [5.74, 6) is 0.314. The Morgan fingerprint density at radius 2 is 1.73 bits per heavy atom. The standard InChI is InChI=1S/C7H9BNO2/c1-3-4-5(3)7(11)9(8-2)6(4)10/h3-5H,1-2H3/t3?,4-,5+. The number of fused-ring (bicyclic) bond motifs is 1. The lowest BCUT2D eigenvalue weighted by Gasteiger charge is -2.13. The molecule has 2 fully saturated rings. The Labute approximate surface area is 66.0 Å². The van der Waals surface area contributed by atoms with Gasteiger partial charge in [0.25, 0.3) is 7.41 Å². The molecule has 0 aromatic carbocycles. The number of hydrogen-bond acceptors (Lipinski definition) is 2. The van der Waals surface area contributed by atoms with Crippen molar-refractivity contribution in [1.82, 2.24) is 4.81 Å². The maximum absolute atomic E-state index is 11.3. The molecule has 1 saturated carbocycles. The highest BCUT2D eigenvalue weighted by molar-refractivity contribution is 6.43. The second kappa shape index (κ2) is 1.87. The van der Waals surface area contributed by atoms with Crippen molar-refractivity contribution in [1.29, 1.82) is 0 Å². The van der Waals surface area contributed by atoms with Crippen molar-refractivity contribution in [3.05, 3.63) is 0 Å². The summed E-state index contributed by atoms with van der Waals surface area (Å²) >= 11 is 0. The van der Waals surface area contributed by atoms with Crippen LogP contribution in [0.1, 0.15) is 6.92 Å². The fourth-order valence-electron chi connectivity index (χ4n) is 1.90. The Hall–Kier alpha value is -0.795. The highest BCUT2D eigenvalue weighted by atomic mass is 16.2. The van der Waals surface area contributed by atoms with E-state index in [4.69, 9.17) is 0 Å². The predicted octanol–water partition coefficient (Wildman–Crippen LogP) is -0.0954. The first-order valence-corrected chi connectivity index (χ1v) is 3.85. The van der Waals surface area contributed by atoms with Gasteiger partial charge in [-0.25, -0.2) is 0 Å². The van der Waals surface area contributed by atoms with Crippen LogP contribution in [0.3, 0.4) is 0 Å². The normalized spacial score (nSPS) is 40.9. The van der Waals surface area contributed by atoms with Crippen LogP contribution in [0.15, 0.2) is 0 Å². The van der Waals surface area contributed by atoms with Crippen molar-refractivity contribution in [2.45, 2.75) is 13.7 Å². The van der Waals surface area contributed by atoms with Gasteiger partial charge in [0.05, 0.1) is 11.8 Å². The van der Waals surface area contributed by atoms with Crippen LogP contribution in [-0.2, 0) is 9.59 Å². The number of imide groups is 1. The zero-order chi connectivity index (χ0) is 8.17. The monoisotopic (exact) mass is 150 g/mol. The molecule has 2 aliphatic rings. The van der Waals surface area contributed by atoms with Crippen LogP contribution in [0.2, 0.25) is 6.82 Å². The lowest BCUT2D eigenvalue weighted by molar-refractivity contribution is -0.136. The van der Waals surface area contributed by atoms with E-state index >= 15 is 0 Å². The van der Waals surface area contributed by atoms with Gasteiger partial charge in [-0.2, -0.15) is 0 Å². The maximum Gasteiger partial charge on any atom is 0.256 e. The molecule has 1 aliphatic heterocycles. The zero-order valence-corrected chi connectivity index (χ0v) is 6.57. The number of carbonyl (C=O) groups excluding carboxylic acids is 2. The molecule has 3 atom stereocenters. The van der Waals surface area contributed by atoms with Gasteiger partial charge in [0.15, 0.2) is 0 Å². The molecule has 57 valence electrons. The molecule has 1 radical (unpaired) electrons. The van der Waals surface area contributed by atoms with E-state index in [2.05, 4.69) is 0 Å². The number of nitrogens with zero attached hydrogens (tertiary/aromatic N) is 1. The minimum absolute atomic E-state index is 0.00463. The molecule has 2 rings (SSSR count). The first kappa shape index (κ1) is 6.89. The Morgan fingerprint density at radius 3 is 2.09 bits per heavy atom. The predicted molar refractivity (Wildman–Crippen MR) is 39.6 cm³/mol. The van der Waals surface area contributed by atoms with Crippen molar-refractivity contribution in [2.24, 2.45) is 17.8 Å². The number of amides is 2. The second-order valence-electron chi connectivity index (χ2n) is 3.22. The molecule has 1 aliphatic carbocycles. The SMILES string of the molecule is C[B]N1C(=O)[C@@H]2C(C)[C@@H]2C1=O. The molecule has 0 N–H and O–H groups in total. The summed E-state index contributed by atoms with van der Waals surface area (Å²) in [6, 6.07) is 0. The average molecular weight is 150 g/mol. The smallest absolute Gasteiger partial charge is 0.256 e. The van der Waals surface area contributed by atoms with Gasteiger partial charge in [-0.05, 0) is 5.92 Å². The minimum Gasteiger partial charge on any atom is -0.334 e. The Balaban J connectivity index is 2.23. The molecule has 4 heteroatoms. The van der Waals surface area contributed by atoms with E-state index in [-0.39, 0.29) is 23.7 Å². The van der Waals surface area contributed by atoms with E-state index in [9.17, 15) is 9.59 Å². The second-order valence-corrected chi connectivity index (χ2v) is 3.22. The van der Waals surface area contributed by atoms with Crippen LogP contribution in [0.4, 0.5) is 0 Å². The Morgan fingerprint density at radius 1 is 1.27 bits per heavy atom. The molecule has 3 nitrogen and oxygen atoms in total. The molecule has 1 saturated heterocycles. The van der Waals surface area contributed by atoms with Gasteiger partial charge in [-0.15, -0.1) is 0 Å². The van der Waals surface area contributed by atoms with E-state index in [0.717, 1.165) is 0 Å². The van der Waals surface area contributed by atoms with Gasteiger partial charge in [0, 0.05) is 0 Å². The third-order valence-electron chi connectivity index (χ3n) is 2.68. The third kappa shape index (κ3) is 0.646. The number of hydrogen-bond donors (Lipinski definition) is 0. The van der Waals surface area contributed by atoms with Crippen LogP contribution in [0, 0.1) is 17.8 Å². The molecule has 0 bridgehead atoms. The van der Waals surface area contributed by atoms with Crippen LogP contribution in [0.5, 0.6) is 0 Å². The van der Waals surface area contributed by atoms with E-state index in [1.165, 1.54) is 4.81 Å². The topological polar surface area (TPSA) is 37.4 Å². The molecular formula is C7H9BNO2. The highest BCUT2D eigenvalue weighted by Gasteiger charge is 2.64. The van der Waals surface area contributed by atoms with E-state index < -0.39 is 0 Å². The van der Waals surface area contributed by atoms with Crippen LogP contribution >= 0.6 is 0 Å². The first-order valence-electron chi connectivity index (χ1n) is 3.85. The fraction of sp³-hybridized carbons (Fsp3) is 0.714. The van der Waals surface area contributed by atoms with Crippen molar-refractivity contribution in [2.75, 3.05) is 0 Å². The summed E-state index contributed by atoms with van der Waals surface area (Å²) < 4.78 is 0. The lowest BCUT2D eigenvalue weighted by Crippen LogP contribution is -2.35. The number of rotatable bonds is 1. The van der Waals surface area contributed by atoms with E-state index in [1.54, 1.807) is 14.2 Å². The summed E-state index contributed by atoms with van der Waals surface area (Å²) in [7, 11) is 1.56. The highest BCUT2D eigenvalue weighted by Crippen LogP contribution is 2.52. The zero-order valence-electron chi connectivity index (χ0n) is 6.57. The van der Waals surface area contributed by atoms with Crippen LogP contribution in [0.25, 0.3) is 0 Å². The number of carbonyl (C=O) groups is 2. The maximum atomic E-state index is 11.3. The summed E-state index contributed by atoms with van der Waals surface area (Å²) in [5.41, 5.74) is 0. The molecule has 0 spiro atoms. The third-order valence-corrected chi connectivity index (χ3v) is 2.68. The van der Waals surface area contributed by atoms with E-state index in [0.29, 0.717) is 5.92 Å². The molecular weight excluding hydrogens is 141 g/mol. The molecule has 11 heavy (non-hydrogen) atoms. The molecule has 1 unspecified atom stereocenters. The minimum atomic E-state index is -0.00463. The fourth-order valence-corrected chi connectivity index (χ4v) is 1.90. The summed E-state index contributed by atoms with van der Waals surface area (Å²) in [4.78, 5) is 23.8. The van der Waals surface area contributed by atoms with Crippen LogP contribution in [-0.4, -0.2) is 24.0 Å². The molecule has 0 aromatic heterocycles. The Bertz CT molecular complexity index is 219.